The van der Waals surface area contributed by atoms with Gasteiger partial charge in [-0.05, 0) is 83.3 Å². The van der Waals surface area contributed by atoms with E-state index in [1.165, 1.54) is 36.4 Å². The van der Waals surface area contributed by atoms with Crippen LogP contribution < -0.4 is 0 Å². The first-order valence-corrected chi connectivity index (χ1v) is 29.1. The third-order valence-electron chi connectivity index (χ3n) is 12.7. The lowest BCUT2D eigenvalue weighted by Gasteiger charge is -2.32. The maximum atomic E-state index is 14.5. The summed E-state index contributed by atoms with van der Waals surface area (Å²) in [6, 6.07) is 34.5. The molecule has 0 bridgehead atoms. The van der Waals surface area contributed by atoms with Gasteiger partial charge in [-0.15, -0.1) is 20.4 Å². The molecule has 78 heavy (non-hydrogen) atoms. The summed E-state index contributed by atoms with van der Waals surface area (Å²) in [5.41, 5.74) is -9.26. The molecule has 0 unspecified atom stereocenters. The highest BCUT2D eigenvalue weighted by molar-refractivity contribution is 9.11. The van der Waals surface area contributed by atoms with Crippen molar-refractivity contribution in [3.05, 3.63) is 219 Å². The van der Waals surface area contributed by atoms with Crippen molar-refractivity contribution in [2.24, 2.45) is 0 Å². The number of halogens is 12. The van der Waals surface area contributed by atoms with Gasteiger partial charge >= 0.3 is 26.5 Å². The van der Waals surface area contributed by atoms with Crippen molar-refractivity contribution in [3.8, 4) is 0 Å². The Balaban J connectivity index is 0.000000229. The quantitative estimate of drug-likeness (QED) is 0.0349. The van der Waals surface area contributed by atoms with Crippen LogP contribution in [0.2, 0.25) is 0 Å². The lowest BCUT2D eigenvalue weighted by atomic mass is 9.70. The first-order valence-electron chi connectivity index (χ1n) is 22.7. The highest BCUT2D eigenvalue weighted by Crippen LogP contribution is 2.62. The molecule has 8 rings (SSSR count). The van der Waals surface area contributed by atoms with Crippen molar-refractivity contribution in [2.75, 3.05) is 0 Å². The summed E-state index contributed by atoms with van der Waals surface area (Å²) in [5.74, 6) is -5.46. The van der Waals surface area contributed by atoms with Gasteiger partial charge in [0.1, 0.15) is 0 Å². The molecule has 0 amide bonds. The highest BCUT2D eigenvalue weighted by atomic mass is 79.9. The van der Waals surface area contributed by atoms with E-state index in [1.54, 1.807) is 54.6 Å². The molecule has 28 heteroatoms. The maximum Gasteiger partial charge on any atom is 0.399 e. The highest BCUT2D eigenvalue weighted by Gasteiger charge is 2.53. The van der Waals surface area contributed by atoms with Crippen LogP contribution in [0.25, 0.3) is 0 Å². The summed E-state index contributed by atoms with van der Waals surface area (Å²) in [6.07, 6.45) is 0.700. The fourth-order valence-electron chi connectivity index (χ4n) is 8.93. The van der Waals surface area contributed by atoms with E-state index in [-0.39, 0.29) is 38.7 Å². The van der Waals surface area contributed by atoms with E-state index in [9.17, 15) is 63.8 Å². The minimum Gasteiger partial charge on any atom is -0.320 e. The Bertz CT molecular complexity index is 3330. The number of aromatic nitrogens is 8. The van der Waals surface area contributed by atoms with Crippen LogP contribution >= 0.6 is 78.9 Å². The predicted octanol–water partition coefficient (Wildman–Crippen LogP) is 13.7. The lowest BCUT2D eigenvalue weighted by molar-refractivity contribution is 0.0160. The second-order valence-electron chi connectivity index (χ2n) is 18.3. The van der Waals surface area contributed by atoms with Gasteiger partial charge in [0.2, 0.25) is 0 Å². The number of alkyl halides is 8. The summed E-state index contributed by atoms with van der Waals surface area (Å²) in [5, 5.41) is 29.2. The standard InChI is InChI=1S/C26H22Br2F4N4.C24H20Br2F4N4O6P2/c1-24(29,30)19-10-8-16(12-21(19)27)14-26(23-33-35-36-34-23,18-6-4-3-5-7-18)15-17-9-11-20(22(28)13-17)25(2,31)32;25-19-10-14(6-8-17(19)23(27,28)41(35,36)37)12-22(21-31-33-34-32-21,16-4-2-1-3-5-16)13-15-7-9-18(20(26)11-15)24(29,30)42(38,39)40/h3-13H,14-15H2,1-2H3,(H,33,34,35,36);1-11H,12-13H2,(H2,35,36,37)(H2,38,39,40)(H,31,32,33,34). The zero-order valence-electron chi connectivity index (χ0n) is 40.2. The smallest absolute Gasteiger partial charge is 0.320 e. The predicted molar refractivity (Wildman–Crippen MR) is 285 cm³/mol. The third kappa shape index (κ3) is 13.1. The normalized spacial score (nSPS) is 13.1. The molecule has 2 heterocycles. The number of hydrogen-bond donors (Lipinski definition) is 6. The van der Waals surface area contributed by atoms with Crippen LogP contribution in [0.15, 0.2) is 151 Å². The van der Waals surface area contributed by atoms with Gasteiger partial charge in [0.05, 0.1) is 10.8 Å². The van der Waals surface area contributed by atoms with Crippen molar-refractivity contribution in [3.63, 3.8) is 0 Å². The number of benzene rings is 6. The van der Waals surface area contributed by atoms with E-state index >= 15 is 0 Å². The Morgan fingerprint density at radius 3 is 0.923 bits per heavy atom. The lowest BCUT2D eigenvalue weighted by Crippen LogP contribution is -2.35. The minimum absolute atomic E-state index is 0.00885. The molecule has 6 N–H and O–H groups in total. The van der Waals surface area contributed by atoms with E-state index in [1.807, 2.05) is 30.3 Å². The summed E-state index contributed by atoms with van der Waals surface area (Å²) in [4.78, 5) is 36.7. The molecule has 0 fully saturated rings. The zero-order chi connectivity index (χ0) is 57.3. The number of nitrogens with one attached hydrogen (secondary N) is 2. The Morgan fingerprint density at radius 2 is 0.705 bits per heavy atom. The number of tetrazole rings is 2. The maximum absolute atomic E-state index is 14.5. The molecule has 0 spiro atoms. The molecule has 6 aromatic carbocycles. The van der Waals surface area contributed by atoms with Gasteiger partial charge < -0.3 is 19.6 Å². The molecular formula is C50H42Br4F8N8O6P2. The van der Waals surface area contributed by atoms with E-state index in [0.29, 0.717) is 44.3 Å². The fourth-order valence-corrected chi connectivity index (χ4v) is 13.2. The Kier molecular flexibility index (Phi) is 18.1. The average Bonchev–Trinajstić information content (AvgIpc) is 4.13. The van der Waals surface area contributed by atoms with Gasteiger partial charge in [-0.25, -0.2) is 17.6 Å². The number of aromatic amines is 2. The number of nitrogens with zero attached hydrogens (tertiary/aromatic N) is 6. The summed E-state index contributed by atoms with van der Waals surface area (Å²) < 4.78 is 137. The van der Waals surface area contributed by atoms with Crippen molar-refractivity contribution >= 4 is 78.9 Å². The van der Waals surface area contributed by atoms with Crippen molar-refractivity contribution < 1.29 is 63.8 Å². The van der Waals surface area contributed by atoms with Crippen LogP contribution in [0, 0.1) is 0 Å². The van der Waals surface area contributed by atoms with Crippen LogP contribution in [-0.2, 0) is 68.8 Å². The fraction of sp³-hybridized carbons (Fsp3) is 0.240. The monoisotopic (exact) mass is 1380 g/mol. The van der Waals surface area contributed by atoms with Gasteiger partial charge in [-0.2, -0.15) is 28.0 Å². The van der Waals surface area contributed by atoms with Crippen molar-refractivity contribution in [2.45, 2.75) is 73.5 Å². The Labute approximate surface area is 473 Å². The molecule has 14 nitrogen and oxygen atoms in total. The Hall–Kier alpha value is -4.88. The minimum atomic E-state index is -5.84. The summed E-state index contributed by atoms with van der Waals surface area (Å²) >= 11 is 12.6. The van der Waals surface area contributed by atoms with Gasteiger partial charge in [0.25, 0.3) is 11.8 Å². The van der Waals surface area contributed by atoms with E-state index in [4.69, 9.17) is 0 Å². The second kappa shape index (κ2) is 23.3. The molecule has 0 aliphatic rings. The van der Waals surface area contributed by atoms with Gasteiger partial charge in [-0.1, -0.05) is 183 Å². The van der Waals surface area contributed by atoms with Crippen LogP contribution in [0.4, 0.5) is 35.1 Å². The first-order chi connectivity index (χ1) is 36.3. The van der Waals surface area contributed by atoms with E-state index < -0.39 is 60.3 Å². The van der Waals surface area contributed by atoms with E-state index in [2.05, 4.69) is 105 Å². The second-order valence-corrected chi connectivity index (χ2v) is 25.0. The van der Waals surface area contributed by atoms with Gasteiger partial charge in [0.15, 0.2) is 11.6 Å². The third-order valence-corrected chi connectivity index (χ3v) is 17.3. The molecular weight excluding hydrogens is 1340 g/mol. The number of hydrogen-bond acceptors (Lipinski definition) is 8. The molecule has 0 aliphatic heterocycles. The molecule has 0 aliphatic carbocycles. The van der Waals surface area contributed by atoms with Gasteiger partial charge in [0, 0.05) is 54.0 Å². The van der Waals surface area contributed by atoms with Crippen LogP contribution in [0.1, 0.15) is 81.1 Å². The molecule has 0 radical (unpaired) electrons. The molecule has 0 atom stereocenters. The SMILES string of the molecule is CC(F)(F)c1ccc(CC(Cc2ccc(C(C)(F)F)c(Br)c2)(c2ccccc2)c2nn[nH]n2)cc1Br.O=P(O)(O)C(F)(F)c1ccc(CC(Cc2ccc(C(F)(F)P(=O)(O)O)c(Br)c2)(c2ccccc2)c2nn[nH]n2)cc1Br. The van der Waals surface area contributed by atoms with Crippen molar-refractivity contribution in [1.29, 1.82) is 0 Å². The number of H-pyrrole nitrogens is 2. The number of rotatable bonds is 18. The summed E-state index contributed by atoms with van der Waals surface area (Å²) in [7, 11) is -11.7. The molecule has 0 saturated heterocycles. The first kappa shape index (κ1) is 60.8. The molecule has 0 saturated carbocycles. The largest absolute Gasteiger partial charge is 0.399 e. The van der Waals surface area contributed by atoms with Crippen molar-refractivity contribution in [1.82, 2.24) is 41.2 Å². The molecule has 8 aromatic rings. The van der Waals surface area contributed by atoms with E-state index in [0.717, 1.165) is 42.7 Å². The average molecular weight is 1380 g/mol. The van der Waals surface area contributed by atoms with Crippen LogP contribution in [0.3, 0.4) is 0 Å². The zero-order valence-corrected chi connectivity index (χ0v) is 48.4. The van der Waals surface area contributed by atoms with Gasteiger partial charge in [-0.3, -0.25) is 9.13 Å². The van der Waals surface area contributed by atoms with Crippen LogP contribution in [-0.4, -0.2) is 60.8 Å². The molecule has 2 aromatic heterocycles. The van der Waals surface area contributed by atoms with Crippen LogP contribution in [0.5, 0.6) is 0 Å². The topological polar surface area (TPSA) is 224 Å². The summed E-state index contributed by atoms with van der Waals surface area (Å²) in [6.45, 7) is 1.70. The molecule has 412 valence electrons. The Morgan fingerprint density at radius 1 is 0.436 bits per heavy atom.